The van der Waals surface area contributed by atoms with Crippen LogP contribution in [0.2, 0.25) is 0 Å². The van der Waals surface area contributed by atoms with Crippen LogP contribution in [0.4, 0.5) is 11.8 Å². The third kappa shape index (κ3) is 3.58. The molecule has 2 saturated heterocycles. The third-order valence-electron chi connectivity index (χ3n) is 4.96. The molecular weight excluding hydrogens is 330 g/mol. The number of anilines is 2. The van der Waals surface area contributed by atoms with Gasteiger partial charge in [-0.05, 0) is 18.9 Å². The van der Waals surface area contributed by atoms with E-state index in [4.69, 9.17) is 10.00 Å². The standard InChI is InChI=1S/C18H21N7O/c19-12-15-1-4-20-18(23-15)25-7-5-24(6-8-25)17-11-16(21-13-22-17)14-2-9-26-10-3-14/h1,4,11,13-14H,2-3,5-10H2. The fourth-order valence-corrected chi connectivity index (χ4v) is 3.45. The second-order valence-corrected chi connectivity index (χ2v) is 6.52. The van der Waals surface area contributed by atoms with Gasteiger partial charge in [0.25, 0.3) is 0 Å². The quantitative estimate of drug-likeness (QED) is 0.819. The van der Waals surface area contributed by atoms with Crippen molar-refractivity contribution in [1.82, 2.24) is 19.9 Å². The fourth-order valence-electron chi connectivity index (χ4n) is 3.45. The molecule has 26 heavy (non-hydrogen) atoms. The van der Waals surface area contributed by atoms with Gasteiger partial charge in [0.15, 0.2) is 0 Å². The molecule has 2 aliphatic heterocycles. The molecule has 134 valence electrons. The van der Waals surface area contributed by atoms with E-state index < -0.39 is 0 Å². The Morgan fingerprint density at radius 1 is 1.04 bits per heavy atom. The summed E-state index contributed by atoms with van der Waals surface area (Å²) >= 11 is 0. The number of hydrogen-bond donors (Lipinski definition) is 0. The first-order valence-corrected chi connectivity index (χ1v) is 8.96. The highest BCUT2D eigenvalue weighted by Gasteiger charge is 2.22. The Balaban J connectivity index is 1.42. The molecule has 2 aromatic heterocycles. The summed E-state index contributed by atoms with van der Waals surface area (Å²) in [6.07, 6.45) is 5.36. The zero-order valence-electron chi connectivity index (χ0n) is 14.6. The normalized spacial score (nSPS) is 18.6. The van der Waals surface area contributed by atoms with Gasteiger partial charge < -0.3 is 14.5 Å². The zero-order valence-corrected chi connectivity index (χ0v) is 14.6. The Hall–Kier alpha value is -2.79. The van der Waals surface area contributed by atoms with E-state index >= 15 is 0 Å². The van der Waals surface area contributed by atoms with E-state index in [1.165, 1.54) is 0 Å². The van der Waals surface area contributed by atoms with Gasteiger partial charge in [-0.2, -0.15) is 5.26 Å². The van der Waals surface area contributed by atoms with Crippen LogP contribution in [-0.2, 0) is 4.74 Å². The van der Waals surface area contributed by atoms with Gasteiger partial charge in [0.1, 0.15) is 23.9 Å². The van der Waals surface area contributed by atoms with Crippen LogP contribution in [0.15, 0.2) is 24.7 Å². The SMILES string of the molecule is N#Cc1ccnc(N2CCN(c3cc(C4CCOCC4)ncn3)CC2)n1. The minimum Gasteiger partial charge on any atom is -0.381 e. The topological polar surface area (TPSA) is 91.1 Å². The van der Waals surface area contributed by atoms with Gasteiger partial charge in [0, 0.05) is 63.3 Å². The smallest absolute Gasteiger partial charge is 0.226 e. The molecule has 8 heteroatoms. The molecular formula is C18H21N7O. The summed E-state index contributed by atoms with van der Waals surface area (Å²) in [4.78, 5) is 21.9. The molecule has 2 fully saturated rings. The molecule has 0 spiro atoms. The number of nitrogens with zero attached hydrogens (tertiary/aromatic N) is 7. The van der Waals surface area contributed by atoms with E-state index in [0.29, 0.717) is 17.6 Å². The molecule has 0 aromatic carbocycles. The summed E-state index contributed by atoms with van der Waals surface area (Å²) in [6, 6.07) is 5.81. The Bertz CT molecular complexity index is 792. The van der Waals surface area contributed by atoms with E-state index in [-0.39, 0.29) is 0 Å². The Labute approximate surface area is 152 Å². The number of nitriles is 1. The Kier molecular flexibility index (Phi) is 4.88. The molecule has 0 aliphatic carbocycles. The predicted octanol–water partition coefficient (Wildman–Crippen LogP) is 1.36. The van der Waals surface area contributed by atoms with Crippen LogP contribution in [0.3, 0.4) is 0 Å². The molecule has 0 atom stereocenters. The van der Waals surface area contributed by atoms with Crippen molar-refractivity contribution < 1.29 is 4.74 Å². The minimum absolute atomic E-state index is 0.398. The summed E-state index contributed by atoms with van der Waals surface area (Å²) in [7, 11) is 0. The maximum Gasteiger partial charge on any atom is 0.226 e. The van der Waals surface area contributed by atoms with Crippen LogP contribution in [0.25, 0.3) is 0 Å². The van der Waals surface area contributed by atoms with E-state index in [1.54, 1.807) is 18.6 Å². The second kappa shape index (κ2) is 7.62. The number of piperazine rings is 1. The van der Waals surface area contributed by atoms with Crippen molar-refractivity contribution in [1.29, 1.82) is 5.26 Å². The van der Waals surface area contributed by atoms with E-state index in [1.807, 2.05) is 0 Å². The highest BCUT2D eigenvalue weighted by atomic mass is 16.5. The molecule has 0 N–H and O–H groups in total. The van der Waals surface area contributed by atoms with Crippen LogP contribution >= 0.6 is 0 Å². The third-order valence-corrected chi connectivity index (χ3v) is 4.96. The van der Waals surface area contributed by atoms with Crippen LogP contribution in [0.5, 0.6) is 0 Å². The average molecular weight is 351 g/mol. The minimum atomic E-state index is 0.398. The maximum atomic E-state index is 9.00. The van der Waals surface area contributed by atoms with Crippen molar-refractivity contribution in [3.05, 3.63) is 36.0 Å². The first kappa shape index (κ1) is 16.7. The number of aromatic nitrogens is 4. The van der Waals surface area contributed by atoms with Crippen molar-refractivity contribution in [2.45, 2.75) is 18.8 Å². The molecule has 2 aromatic rings. The van der Waals surface area contributed by atoms with Crippen LogP contribution in [-0.4, -0.2) is 59.3 Å². The summed E-state index contributed by atoms with van der Waals surface area (Å²) in [5.74, 6) is 2.07. The van der Waals surface area contributed by atoms with Crippen LogP contribution in [0, 0.1) is 11.3 Å². The van der Waals surface area contributed by atoms with Crippen molar-refractivity contribution >= 4 is 11.8 Å². The number of hydrogen-bond acceptors (Lipinski definition) is 8. The highest BCUT2D eigenvalue weighted by molar-refractivity contribution is 5.43. The molecule has 0 bridgehead atoms. The van der Waals surface area contributed by atoms with Crippen molar-refractivity contribution in [2.24, 2.45) is 0 Å². The van der Waals surface area contributed by atoms with Gasteiger partial charge >= 0.3 is 0 Å². The largest absolute Gasteiger partial charge is 0.381 e. The van der Waals surface area contributed by atoms with E-state index in [0.717, 1.165) is 63.7 Å². The van der Waals surface area contributed by atoms with Crippen molar-refractivity contribution in [3.8, 4) is 6.07 Å². The van der Waals surface area contributed by atoms with Crippen molar-refractivity contribution in [2.75, 3.05) is 49.2 Å². The van der Waals surface area contributed by atoms with Gasteiger partial charge in [-0.15, -0.1) is 0 Å². The van der Waals surface area contributed by atoms with E-state index in [9.17, 15) is 0 Å². The molecule has 0 radical (unpaired) electrons. The van der Waals surface area contributed by atoms with Gasteiger partial charge in [-0.1, -0.05) is 0 Å². The van der Waals surface area contributed by atoms with Gasteiger partial charge in [0.2, 0.25) is 5.95 Å². The lowest BCUT2D eigenvalue weighted by molar-refractivity contribution is 0.0845. The summed E-state index contributed by atoms with van der Waals surface area (Å²) < 4.78 is 5.45. The molecule has 0 unspecified atom stereocenters. The van der Waals surface area contributed by atoms with E-state index in [2.05, 4.69) is 41.9 Å². The second-order valence-electron chi connectivity index (χ2n) is 6.52. The zero-order chi connectivity index (χ0) is 17.8. The summed E-state index contributed by atoms with van der Waals surface area (Å²) in [5.41, 5.74) is 1.51. The molecule has 0 saturated carbocycles. The van der Waals surface area contributed by atoms with Crippen molar-refractivity contribution in [3.63, 3.8) is 0 Å². The lowest BCUT2D eigenvalue weighted by Crippen LogP contribution is -2.47. The Morgan fingerprint density at radius 2 is 1.81 bits per heavy atom. The van der Waals surface area contributed by atoms with Gasteiger partial charge in [0.05, 0.1) is 0 Å². The lowest BCUT2D eigenvalue weighted by atomic mass is 9.96. The Morgan fingerprint density at radius 3 is 2.58 bits per heavy atom. The summed E-state index contributed by atoms with van der Waals surface area (Å²) in [5, 5.41) is 9.00. The lowest BCUT2D eigenvalue weighted by Gasteiger charge is -2.35. The van der Waals surface area contributed by atoms with Gasteiger partial charge in [-0.25, -0.2) is 19.9 Å². The first-order valence-electron chi connectivity index (χ1n) is 8.96. The fraction of sp³-hybridized carbons (Fsp3) is 0.500. The van der Waals surface area contributed by atoms with Gasteiger partial charge in [-0.3, -0.25) is 0 Å². The highest BCUT2D eigenvalue weighted by Crippen LogP contribution is 2.27. The molecule has 0 amide bonds. The maximum absolute atomic E-state index is 9.00. The first-order chi connectivity index (χ1) is 12.8. The average Bonchev–Trinajstić information content (AvgIpc) is 2.75. The molecule has 4 rings (SSSR count). The number of ether oxygens (including phenoxy) is 1. The van der Waals surface area contributed by atoms with Crippen LogP contribution in [0.1, 0.15) is 30.1 Å². The molecule has 4 heterocycles. The monoisotopic (exact) mass is 351 g/mol. The summed E-state index contributed by atoms with van der Waals surface area (Å²) in [6.45, 7) is 4.89. The number of rotatable bonds is 3. The molecule has 2 aliphatic rings. The molecule has 8 nitrogen and oxygen atoms in total. The predicted molar refractivity (Wildman–Crippen MR) is 96.0 cm³/mol. The van der Waals surface area contributed by atoms with Crippen LogP contribution < -0.4 is 9.80 Å².